The van der Waals surface area contributed by atoms with E-state index in [1.165, 1.54) is 11.8 Å². The molecule has 0 aliphatic carbocycles. The number of amides is 3. The molecule has 1 saturated heterocycles. The van der Waals surface area contributed by atoms with Crippen LogP contribution in [0.15, 0.2) is 0 Å². The first-order valence-electron chi connectivity index (χ1n) is 5.16. The number of nitrogens with zero attached hydrogens (tertiary/aromatic N) is 1. The van der Waals surface area contributed by atoms with Crippen LogP contribution in [0.3, 0.4) is 0 Å². The number of aliphatic carboxylic acids is 1. The van der Waals surface area contributed by atoms with Crippen LogP contribution in [-0.2, 0) is 9.59 Å². The molecule has 0 spiro atoms. The number of urea groups is 1. The molecular weight excluding hydrogens is 246 g/mol. The second kappa shape index (κ2) is 6.45. The van der Waals surface area contributed by atoms with Gasteiger partial charge in [0.25, 0.3) is 0 Å². The van der Waals surface area contributed by atoms with Crippen molar-refractivity contribution in [3.05, 3.63) is 0 Å². The maximum Gasteiger partial charge on any atom is 0.324 e. The topological polar surface area (TPSA) is 113 Å². The van der Waals surface area contributed by atoms with Gasteiger partial charge in [-0.1, -0.05) is 0 Å². The molecule has 1 aliphatic heterocycles. The highest BCUT2D eigenvalue weighted by molar-refractivity contribution is 7.99. The molecule has 0 aromatic rings. The Balaban J connectivity index is 2.10. The molecule has 0 radical (unpaired) electrons. The molecule has 17 heavy (non-hydrogen) atoms. The minimum Gasteiger partial charge on any atom is -0.480 e. The lowest BCUT2D eigenvalue weighted by molar-refractivity contribution is -0.138. The third-order valence-corrected chi connectivity index (χ3v) is 3.28. The van der Waals surface area contributed by atoms with Crippen molar-refractivity contribution in [2.75, 3.05) is 24.6 Å². The minimum atomic E-state index is -1.01. The number of carbonyl (C=O) groups is 3. The number of thioether (sulfide) groups is 1. The van der Waals surface area contributed by atoms with Crippen molar-refractivity contribution in [1.82, 2.24) is 10.2 Å². The zero-order valence-corrected chi connectivity index (χ0v) is 10.0. The Morgan fingerprint density at radius 3 is 2.76 bits per heavy atom. The molecule has 3 amide bonds. The zero-order chi connectivity index (χ0) is 12.8. The smallest absolute Gasteiger partial charge is 0.324 e. The fourth-order valence-corrected chi connectivity index (χ4v) is 2.21. The van der Waals surface area contributed by atoms with Gasteiger partial charge in [0.15, 0.2) is 0 Å². The third kappa shape index (κ3) is 4.23. The summed E-state index contributed by atoms with van der Waals surface area (Å²) in [5.41, 5.74) is 5.32. The standard InChI is InChI=1S/C9H15N3O4S/c10-6(8(14)15)1-3-17-4-2-12-7(13)5-11-9(12)16/h6H,1-5,10H2,(H,11,16)(H,14,15). The van der Waals surface area contributed by atoms with Crippen molar-refractivity contribution in [2.45, 2.75) is 12.5 Å². The van der Waals surface area contributed by atoms with Crippen LogP contribution >= 0.6 is 11.8 Å². The highest BCUT2D eigenvalue weighted by Gasteiger charge is 2.27. The van der Waals surface area contributed by atoms with E-state index in [1.54, 1.807) is 0 Å². The number of hydrogen-bond donors (Lipinski definition) is 3. The first kappa shape index (κ1) is 13.8. The van der Waals surface area contributed by atoms with E-state index in [0.29, 0.717) is 24.5 Å². The third-order valence-electron chi connectivity index (χ3n) is 2.29. The molecule has 7 nitrogen and oxygen atoms in total. The number of rotatable bonds is 7. The van der Waals surface area contributed by atoms with Gasteiger partial charge in [-0.05, 0) is 12.2 Å². The minimum absolute atomic E-state index is 0.0629. The summed E-state index contributed by atoms with van der Waals surface area (Å²) in [4.78, 5) is 33.9. The summed E-state index contributed by atoms with van der Waals surface area (Å²) in [6.07, 6.45) is 0.375. The van der Waals surface area contributed by atoms with Crippen LogP contribution in [0.1, 0.15) is 6.42 Å². The summed E-state index contributed by atoms with van der Waals surface area (Å²) in [6, 6.07) is -1.21. The monoisotopic (exact) mass is 261 g/mol. The number of carboxylic acid groups (broad SMARTS) is 1. The number of imide groups is 1. The molecule has 0 bridgehead atoms. The lowest BCUT2D eigenvalue weighted by atomic mass is 10.2. The van der Waals surface area contributed by atoms with Gasteiger partial charge in [0.1, 0.15) is 6.04 Å². The maximum absolute atomic E-state index is 11.2. The lowest BCUT2D eigenvalue weighted by Gasteiger charge is -2.11. The number of carboxylic acids is 1. The van der Waals surface area contributed by atoms with Crippen LogP contribution in [0.5, 0.6) is 0 Å². The number of nitrogens with one attached hydrogen (secondary N) is 1. The Kier molecular flexibility index (Phi) is 5.23. The molecule has 8 heteroatoms. The molecule has 1 unspecified atom stereocenters. The molecule has 1 rings (SSSR count). The summed E-state index contributed by atoms with van der Waals surface area (Å²) in [7, 11) is 0. The van der Waals surface area contributed by atoms with Crippen LogP contribution in [0.25, 0.3) is 0 Å². The number of nitrogens with two attached hydrogens (primary N) is 1. The Morgan fingerprint density at radius 2 is 2.24 bits per heavy atom. The van der Waals surface area contributed by atoms with Gasteiger partial charge in [0, 0.05) is 12.3 Å². The van der Waals surface area contributed by atoms with Crippen LogP contribution < -0.4 is 11.1 Å². The molecule has 4 N–H and O–H groups in total. The van der Waals surface area contributed by atoms with Gasteiger partial charge in [-0.15, -0.1) is 0 Å². The van der Waals surface area contributed by atoms with Crippen molar-refractivity contribution in [1.29, 1.82) is 0 Å². The second-order valence-corrected chi connectivity index (χ2v) is 4.77. The van der Waals surface area contributed by atoms with Crippen molar-refractivity contribution in [2.24, 2.45) is 5.73 Å². The molecule has 1 aliphatic rings. The summed E-state index contributed by atoms with van der Waals surface area (Å²) in [6.45, 7) is 0.408. The second-order valence-electron chi connectivity index (χ2n) is 3.55. The normalized spacial score (nSPS) is 17.1. The zero-order valence-electron chi connectivity index (χ0n) is 9.22. The van der Waals surface area contributed by atoms with E-state index in [1.807, 2.05) is 0 Å². The molecule has 1 atom stereocenters. The van der Waals surface area contributed by atoms with Gasteiger partial charge in [-0.2, -0.15) is 11.8 Å². The van der Waals surface area contributed by atoms with Gasteiger partial charge in [0.05, 0.1) is 6.54 Å². The SMILES string of the molecule is NC(CCSCCN1C(=O)CNC1=O)C(=O)O. The van der Waals surface area contributed by atoms with Crippen molar-refractivity contribution in [3.63, 3.8) is 0 Å². The Labute approximate surface area is 103 Å². The lowest BCUT2D eigenvalue weighted by Crippen LogP contribution is -2.33. The molecular formula is C9H15N3O4S. The predicted molar refractivity (Wildman–Crippen MR) is 62.7 cm³/mol. The van der Waals surface area contributed by atoms with E-state index in [4.69, 9.17) is 10.8 Å². The Hall–Kier alpha value is -1.28. The molecule has 0 aromatic heterocycles. The van der Waals surface area contributed by atoms with Crippen LogP contribution in [0.2, 0.25) is 0 Å². The van der Waals surface area contributed by atoms with E-state index >= 15 is 0 Å². The summed E-state index contributed by atoms with van der Waals surface area (Å²) < 4.78 is 0. The van der Waals surface area contributed by atoms with Crippen LogP contribution in [0.4, 0.5) is 4.79 Å². The van der Waals surface area contributed by atoms with E-state index in [2.05, 4.69) is 5.32 Å². The first-order valence-corrected chi connectivity index (χ1v) is 6.32. The number of hydrogen-bond acceptors (Lipinski definition) is 5. The molecule has 0 aromatic carbocycles. The van der Waals surface area contributed by atoms with Crippen molar-refractivity contribution in [3.8, 4) is 0 Å². The summed E-state index contributed by atoms with van der Waals surface area (Å²) in [5.74, 6) is -0.0552. The highest BCUT2D eigenvalue weighted by Crippen LogP contribution is 2.07. The predicted octanol–water partition coefficient (Wildman–Crippen LogP) is -0.927. The Morgan fingerprint density at radius 1 is 1.53 bits per heavy atom. The molecule has 1 heterocycles. The fraction of sp³-hybridized carbons (Fsp3) is 0.667. The van der Waals surface area contributed by atoms with E-state index in [0.717, 1.165) is 4.90 Å². The Bertz CT molecular complexity index is 307. The van der Waals surface area contributed by atoms with Crippen molar-refractivity contribution >= 4 is 29.7 Å². The molecule has 96 valence electrons. The van der Waals surface area contributed by atoms with Crippen molar-refractivity contribution < 1.29 is 19.5 Å². The average molecular weight is 261 g/mol. The summed E-state index contributed by atoms with van der Waals surface area (Å²) in [5, 5.41) is 11.0. The van der Waals surface area contributed by atoms with E-state index < -0.39 is 12.0 Å². The van der Waals surface area contributed by atoms with E-state index in [-0.39, 0.29) is 18.5 Å². The van der Waals surface area contributed by atoms with Gasteiger partial charge in [-0.25, -0.2) is 4.79 Å². The molecule has 1 fully saturated rings. The van der Waals surface area contributed by atoms with E-state index in [9.17, 15) is 14.4 Å². The van der Waals surface area contributed by atoms with Crippen LogP contribution in [0, 0.1) is 0 Å². The van der Waals surface area contributed by atoms with Gasteiger partial charge >= 0.3 is 12.0 Å². The fourth-order valence-electron chi connectivity index (χ4n) is 1.27. The van der Waals surface area contributed by atoms with Crippen LogP contribution in [-0.4, -0.2) is 58.6 Å². The summed E-state index contributed by atoms with van der Waals surface area (Å²) >= 11 is 1.47. The largest absolute Gasteiger partial charge is 0.480 e. The van der Waals surface area contributed by atoms with Gasteiger partial charge in [-0.3, -0.25) is 14.5 Å². The van der Waals surface area contributed by atoms with Gasteiger partial charge in [0.2, 0.25) is 5.91 Å². The maximum atomic E-state index is 11.2. The molecule has 0 saturated carbocycles. The highest BCUT2D eigenvalue weighted by atomic mass is 32.2. The number of carbonyl (C=O) groups excluding carboxylic acids is 2. The first-order chi connectivity index (χ1) is 8.02. The quantitative estimate of drug-likeness (QED) is 0.403. The van der Waals surface area contributed by atoms with Gasteiger partial charge < -0.3 is 16.2 Å². The average Bonchev–Trinajstić information content (AvgIpc) is 2.59.